The molecule has 2 N–H and O–H groups in total. The van der Waals surface area contributed by atoms with Crippen molar-refractivity contribution in [3.63, 3.8) is 0 Å². The summed E-state index contributed by atoms with van der Waals surface area (Å²) in [6.07, 6.45) is 6.49. The van der Waals surface area contributed by atoms with E-state index < -0.39 is 21.5 Å². The summed E-state index contributed by atoms with van der Waals surface area (Å²) in [5, 5.41) is 9.03. The van der Waals surface area contributed by atoms with Gasteiger partial charge in [-0.1, -0.05) is 19.3 Å². The molecule has 0 unspecified atom stereocenters. The third kappa shape index (κ3) is 3.82. The van der Waals surface area contributed by atoms with Crippen LogP contribution in [0.15, 0.2) is 17.6 Å². The van der Waals surface area contributed by atoms with Crippen molar-refractivity contribution in [2.24, 2.45) is 0 Å². The van der Waals surface area contributed by atoms with E-state index in [0.717, 1.165) is 19.3 Å². The summed E-state index contributed by atoms with van der Waals surface area (Å²) in [5.41, 5.74) is -0.890. The van der Waals surface area contributed by atoms with Gasteiger partial charge in [0.25, 0.3) is 10.0 Å². The summed E-state index contributed by atoms with van der Waals surface area (Å²) in [4.78, 5) is 15.0. The second-order valence-electron chi connectivity index (χ2n) is 5.56. The van der Waals surface area contributed by atoms with Gasteiger partial charge in [-0.2, -0.15) is 0 Å². The van der Waals surface area contributed by atoms with E-state index >= 15 is 0 Å². The Morgan fingerprint density at radius 2 is 2.10 bits per heavy atom. The van der Waals surface area contributed by atoms with E-state index in [1.54, 1.807) is 4.57 Å². The molecule has 0 radical (unpaired) electrons. The fourth-order valence-electron chi connectivity index (χ4n) is 2.82. The Labute approximate surface area is 124 Å². The van der Waals surface area contributed by atoms with Crippen molar-refractivity contribution in [3.8, 4) is 0 Å². The van der Waals surface area contributed by atoms with Gasteiger partial charge >= 0.3 is 5.97 Å². The maximum Gasteiger partial charge on any atom is 0.305 e. The van der Waals surface area contributed by atoms with E-state index in [0.29, 0.717) is 19.4 Å². The molecule has 2 rings (SSSR count). The molecule has 1 heterocycles. The van der Waals surface area contributed by atoms with Crippen LogP contribution in [-0.4, -0.2) is 34.6 Å². The van der Waals surface area contributed by atoms with Crippen LogP contribution in [0.1, 0.15) is 45.4 Å². The number of aryl methyl sites for hydroxylation is 1. The van der Waals surface area contributed by atoms with Crippen molar-refractivity contribution in [3.05, 3.63) is 12.5 Å². The predicted octanol–water partition coefficient (Wildman–Crippen LogP) is 1.36. The first-order chi connectivity index (χ1) is 9.87. The smallest absolute Gasteiger partial charge is 0.305 e. The van der Waals surface area contributed by atoms with Crippen molar-refractivity contribution in [2.45, 2.75) is 62.6 Å². The first-order valence-electron chi connectivity index (χ1n) is 7.14. The predicted molar refractivity (Wildman–Crippen MR) is 76.3 cm³/mol. The highest BCUT2D eigenvalue weighted by atomic mass is 32.2. The number of hydrogen-bond donors (Lipinski definition) is 2. The number of rotatable bonds is 6. The SMILES string of the molecule is CCn1cnc(S(=O)(=O)NC2(CC(=O)O)CCCCC2)c1. The number of hydrogen-bond acceptors (Lipinski definition) is 4. The number of aromatic nitrogens is 2. The van der Waals surface area contributed by atoms with Gasteiger partial charge in [-0.05, 0) is 19.8 Å². The summed E-state index contributed by atoms with van der Waals surface area (Å²) < 4.78 is 29.1. The highest BCUT2D eigenvalue weighted by molar-refractivity contribution is 7.89. The third-order valence-corrected chi connectivity index (χ3v) is 5.36. The van der Waals surface area contributed by atoms with Crippen molar-refractivity contribution in [1.82, 2.24) is 14.3 Å². The Kier molecular flexibility index (Phi) is 4.67. The Balaban J connectivity index is 2.24. The summed E-state index contributed by atoms with van der Waals surface area (Å²) >= 11 is 0. The minimum Gasteiger partial charge on any atom is -0.481 e. The van der Waals surface area contributed by atoms with Crippen LogP contribution in [0.25, 0.3) is 0 Å². The highest BCUT2D eigenvalue weighted by Crippen LogP contribution is 2.32. The number of nitrogens with one attached hydrogen (secondary N) is 1. The summed E-state index contributed by atoms with van der Waals surface area (Å²) in [5.74, 6) is -0.987. The van der Waals surface area contributed by atoms with Crippen molar-refractivity contribution >= 4 is 16.0 Å². The molecule has 118 valence electrons. The summed E-state index contributed by atoms with van der Waals surface area (Å²) in [7, 11) is -3.80. The second-order valence-corrected chi connectivity index (χ2v) is 7.19. The molecule has 1 aliphatic rings. The molecule has 1 saturated carbocycles. The van der Waals surface area contributed by atoms with Gasteiger partial charge in [-0.25, -0.2) is 18.1 Å². The number of imidazole rings is 1. The standard InChI is InChI=1S/C13H21N3O4S/c1-2-16-9-11(14-10-16)21(19,20)15-13(8-12(17)18)6-4-3-5-7-13/h9-10,15H,2-8H2,1H3,(H,17,18). The topological polar surface area (TPSA) is 101 Å². The largest absolute Gasteiger partial charge is 0.481 e. The van der Waals surface area contributed by atoms with Gasteiger partial charge in [0, 0.05) is 18.3 Å². The van der Waals surface area contributed by atoms with Crippen LogP contribution in [0.3, 0.4) is 0 Å². The van der Waals surface area contributed by atoms with Crippen LogP contribution in [0.5, 0.6) is 0 Å². The summed E-state index contributed by atoms with van der Waals surface area (Å²) in [6.45, 7) is 2.52. The molecule has 1 aromatic heterocycles. The molecule has 7 nitrogen and oxygen atoms in total. The average molecular weight is 315 g/mol. The molecule has 1 aromatic rings. The molecular weight excluding hydrogens is 294 g/mol. The first kappa shape index (κ1) is 16.0. The zero-order valence-electron chi connectivity index (χ0n) is 12.1. The van der Waals surface area contributed by atoms with E-state index in [9.17, 15) is 13.2 Å². The van der Waals surface area contributed by atoms with E-state index in [2.05, 4.69) is 9.71 Å². The third-order valence-electron chi connectivity index (χ3n) is 3.90. The molecule has 1 aliphatic carbocycles. The highest BCUT2D eigenvalue weighted by Gasteiger charge is 2.39. The Morgan fingerprint density at radius 3 is 2.62 bits per heavy atom. The number of carbonyl (C=O) groups is 1. The van der Waals surface area contributed by atoms with Gasteiger partial charge in [0.2, 0.25) is 0 Å². The van der Waals surface area contributed by atoms with Gasteiger partial charge in [-0.3, -0.25) is 4.79 Å². The monoisotopic (exact) mass is 315 g/mol. The van der Waals surface area contributed by atoms with E-state index in [1.165, 1.54) is 12.5 Å². The number of aliphatic carboxylic acids is 1. The van der Waals surface area contributed by atoms with Crippen LogP contribution in [0, 0.1) is 0 Å². The summed E-state index contributed by atoms with van der Waals surface area (Å²) in [6, 6.07) is 0. The molecule has 0 amide bonds. The zero-order chi connectivity index (χ0) is 15.5. The molecule has 0 bridgehead atoms. The quantitative estimate of drug-likeness (QED) is 0.825. The molecule has 0 saturated heterocycles. The van der Waals surface area contributed by atoms with E-state index in [-0.39, 0.29) is 11.4 Å². The number of carboxylic acids is 1. The minimum absolute atomic E-state index is 0.0558. The van der Waals surface area contributed by atoms with Crippen LogP contribution in [-0.2, 0) is 21.4 Å². The van der Waals surface area contributed by atoms with Gasteiger partial charge in [0.1, 0.15) is 0 Å². The molecule has 1 fully saturated rings. The molecule has 21 heavy (non-hydrogen) atoms. The molecule has 0 spiro atoms. The molecule has 0 aliphatic heterocycles. The van der Waals surface area contributed by atoms with Crippen LogP contribution in [0.2, 0.25) is 0 Å². The first-order valence-corrected chi connectivity index (χ1v) is 8.63. The average Bonchev–Trinajstić information content (AvgIpc) is 2.87. The molecule has 0 aromatic carbocycles. The van der Waals surface area contributed by atoms with Crippen molar-refractivity contribution in [1.29, 1.82) is 0 Å². The normalized spacial score (nSPS) is 18.5. The van der Waals surface area contributed by atoms with Gasteiger partial charge in [-0.15, -0.1) is 0 Å². The lowest BCUT2D eigenvalue weighted by Gasteiger charge is -2.36. The van der Waals surface area contributed by atoms with Crippen molar-refractivity contribution in [2.75, 3.05) is 0 Å². The van der Waals surface area contributed by atoms with Crippen LogP contribution in [0.4, 0.5) is 0 Å². The zero-order valence-corrected chi connectivity index (χ0v) is 12.9. The van der Waals surface area contributed by atoms with Crippen LogP contribution < -0.4 is 4.72 Å². The number of nitrogens with zero attached hydrogens (tertiary/aromatic N) is 2. The Hall–Kier alpha value is -1.41. The van der Waals surface area contributed by atoms with Gasteiger partial charge in [0.15, 0.2) is 5.03 Å². The van der Waals surface area contributed by atoms with E-state index in [4.69, 9.17) is 5.11 Å². The second kappa shape index (κ2) is 6.15. The maximum absolute atomic E-state index is 12.4. The molecular formula is C13H21N3O4S. The number of carboxylic acid groups (broad SMARTS) is 1. The van der Waals surface area contributed by atoms with Gasteiger partial charge in [0.05, 0.1) is 12.7 Å². The molecule has 0 atom stereocenters. The lowest BCUT2D eigenvalue weighted by atomic mass is 9.80. The fraction of sp³-hybridized carbons (Fsp3) is 0.692. The fourth-order valence-corrected chi connectivity index (χ4v) is 4.23. The Bertz CT molecular complexity index is 603. The lowest BCUT2D eigenvalue weighted by Crippen LogP contribution is -2.51. The Morgan fingerprint density at radius 1 is 1.43 bits per heavy atom. The number of sulfonamides is 1. The lowest BCUT2D eigenvalue weighted by molar-refractivity contribution is -0.138. The maximum atomic E-state index is 12.4. The van der Waals surface area contributed by atoms with Crippen LogP contribution >= 0.6 is 0 Å². The van der Waals surface area contributed by atoms with E-state index in [1.807, 2.05) is 6.92 Å². The molecule has 8 heteroatoms. The van der Waals surface area contributed by atoms with Gasteiger partial charge < -0.3 is 9.67 Å². The minimum atomic E-state index is -3.80. The van der Waals surface area contributed by atoms with Crippen molar-refractivity contribution < 1.29 is 18.3 Å².